The molecule has 0 fully saturated rings. The van der Waals surface area contributed by atoms with Gasteiger partial charge in [0.2, 0.25) is 0 Å². The van der Waals surface area contributed by atoms with Crippen LogP contribution in [0.15, 0.2) is 53.9 Å². The van der Waals surface area contributed by atoms with E-state index < -0.39 is 0 Å². The molecule has 6 heteroatoms. The molecule has 2 aromatic rings. The van der Waals surface area contributed by atoms with Crippen molar-refractivity contribution in [3.05, 3.63) is 65.6 Å². The zero-order chi connectivity index (χ0) is 16.0. The summed E-state index contributed by atoms with van der Waals surface area (Å²) in [4.78, 5) is 10.9. The van der Waals surface area contributed by atoms with E-state index in [0.29, 0.717) is 5.82 Å². The Balaban J connectivity index is 1.74. The van der Waals surface area contributed by atoms with Gasteiger partial charge >= 0.3 is 0 Å². The van der Waals surface area contributed by atoms with Gasteiger partial charge in [0, 0.05) is 25.0 Å². The van der Waals surface area contributed by atoms with Crippen molar-refractivity contribution in [2.75, 3.05) is 17.3 Å². The van der Waals surface area contributed by atoms with E-state index in [1.165, 1.54) is 11.1 Å². The first kappa shape index (κ1) is 13.8. The number of hydrogen-bond donors (Lipinski definition) is 2. The van der Waals surface area contributed by atoms with Crippen LogP contribution in [-0.4, -0.2) is 27.5 Å². The van der Waals surface area contributed by atoms with E-state index in [1.807, 2.05) is 24.3 Å². The van der Waals surface area contributed by atoms with Gasteiger partial charge in [-0.15, -0.1) is 0 Å². The van der Waals surface area contributed by atoms with Crippen LogP contribution >= 0.6 is 0 Å². The van der Waals surface area contributed by atoms with Crippen LogP contribution in [-0.2, 0) is 13.0 Å². The zero-order valence-corrected chi connectivity index (χ0v) is 12.6. The lowest BCUT2D eigenvalue weighted by Crippen LogP contribution is -2.40. The fourth-order valence-electron chi connectivity index (χ4n) is 3.09. The molecular weight excluding hydrogens is 290 g/mol. The maximum absolute atomic E-state index is 10.1. The van der Waals surface area contributed by atoms with E-state index in [-0.39, 0.29) is 5.82 Å². The maximum Gasteiger partial charge on any atom is 0.170 e. The molecule has 0 radical (unpaired) electrons. The molecule has 0 amide bonds. The minimum Gasteiger partial charge on any atom is -0.399 e. The Kier molecular flexibility index (Phi) is 3.06. The first-order valence-corrected chi connectivity index (χ1v) is 7.48. The number of pyridine rings is 1. The van der Waals surface area contributed by atoms with Crippen LogP contribution in [0.25, 0.3) is 0 Å². The first-order chi connectivity index (χ1) is 11.1. The first-order valence-electron chi connectivity index (χ1n) is 7.48. The number of rotatable bonds is 0. The summed E-state index contributed by atoms with van der Waals surface area (Å²) in [5.74, 6) is 1.52. The minimum atomic E-state index is 0.268. The second-order valence-corrected chi connectivity index (χ2v) is 5.74. The Labute approximate surface area is 134 Å². The van der Waals surface area contributed by atoms with Crippen LogP contribution in [0.4, 0.5) is 11.5 Å². The molecule has 0 saturated carbocycles. The van der Waals surface area contributed by atoms with Gasteiger partial charge in [0.15, 0.2) is 11.6 Å². The van der Waals surface area contributed by atoms with Gasteiger partial charge < -0.3 is 10.6 Å². The highest BCUT2D eigenvalue weighted by Crippen LogP contribution is 2.30. The average molecular weight is 307 g/mol. The third-order valence-electron chi connectivity index (χ3n) is 4.25. The molecule has 4 rings (SSSR count). The molecule has 0 saturated heterocycles. The van der Waals surface area contributed by atoms with Crippen molar-refractivity contribution >= 4 is 17.3 Å². The number of benzene rings is 1. The zero-order valence-electron chi connectivity index (χ0n) is 12.6. The SMILES string of the molecule is C=C1N=C(N2CCc3ccc(N)cc3C2)c2cccnc2N1O. The lowest BCUT2D eigenvalue weighted by atomic mass is 9.98. The average Bonchev–Trinajstić information content (AvgIpc) is 2.57. The summed E-state index contributed by atoms with van der Waals surface area (Å²) in [7, 11) is 0. The largest absolute Gasteiger partial charge is 0.399 e. The summed E-state index contributed by atoms with van der Waals surface area (Å²) >= 11 is 0. The van der Waals surface area contributed by atoms with Crippen molar-refractivity contribution in [1.29, 1.82) is 0 Å². The van der Waals surface area contributed by atoms with E-state index in [9.17, 15) is 5.21 Å². The van der Waals surface area contributed by atoms with Gasteiger partial charge in [-0.25, -0.2) is 9.98 Å². The second-order valence-electron chi connectivity index (χ2n) is 5.74. The smallest absolute Gasteiger partial charge is 0.170 e. The van der Waals surface area contributed by atoms with Crippen LogP contribution in [0.5, 0.6) is 0 Å². The molecule has 3 N–H and O–H groups in total. The number of aliphatic imine (C=N–C) groups is 1. The predicted molar refractivity (Wildman–Crippen MR) is 89.1 cm³/mol. The number of amidine groups is 1. The molecular formula is C17H17N5O. The van der Waals surface area contributed by atoms with Crippen LogP contribution < -0.4 is 10.8 Å². The van der Waals surface area contributed by atoms with Gasteiger partial charge in [-0.2, -0.15) is 5.06 Å². The van der Waals surface area contributed by atoms with Gasteiger partial charge in [0.1, 0.15) is 5.84 Å². The number of aromatic nitrogens is 1. The number of anilines is 2. The molecule has 1 aromatic carbocycles. The molecule has 1 aromatic heterocycles. The number of nitrogen functional groups attached to an aromatic ring is 1. The van der Waals surface area contributed by atoms with E-state index in [2.05, 4.69) is 27.5 Å². The molecule has 0 unspecified atom stereocenters. The molecule has 116 valence electrons. The Morgan fingerprint density at radius 3 is 2.96 bits per heavy atom. The van der Waals surface area contributed by atoms with Crippen molar-refractivity contribution in [3.8, 4) is 0 Å². The topological polar surface area (TPSA) is 78.0 Å². The Hall–Kier alpha value is -2.86. The Morgan fingerprint density at radius 1 is 1.22 bits per heavy atom. The molecule has 0 spiro atoms. The molecule has 2 aliphatic heterocycles. The number of hydrogen-bond acceptors (Lipinski definition) is 6. The van der Waals surface area contributed by atoms with Crippen LogP contribution in [0, 0.1) is 0 Å². The van der Waals surface area contributed by atoms with Crippen molar-refractivity contribution in [2.24, 2.45) is 4.99 Å². The summed E-state index contributed by atoms with van der Waals surface area (Å²) in [6.45, 7) is 5.38. The number of hydroxylamine groups is 1. The molecule has 0 bridgehead atoms. The fourth-order valence-corrected chi connectivity index (χ4v) is 3.09. The van der Waals surface area contributed by atoms with Crippen LogP contribution in [0.3, 0.4) is 0 Å². The summed E-state index contributed by atoms with van der Waals surface area (Å²) in [5, 5.41) is 11.0. The highest BCUT2D eigenvalue weighted by molar-refractivity contribution is 6.05. The van der Waals surface area contributed by atoms with Gasteiger partial charge in [0.25, 0.3) is 0 Å². The number of nitrogens with zero attached hydrogens (tertiary/aromatic N) is 4. The highest BCUT2D eigenvalue weighted by Gasteiger charge is 2.28. The van der Waals surface area contributed by atoms with Crippen molar-refractivity contribution in [3.63, 3.8) is 0 Å². The van der Waals surface area contributed by atoms with Crippen molar-refractivity contribution in [2.45, 2.75) is 13.0 Å². The minimum absolute atomic E-state index is 0.268. The van der Waals surface area contributed by atoms with E-state index in [1.54, 1.807) is 6.20 Å². The maximum atomic E-state index is 10.1. The van der Waals surface area contributed by atoms with Gasteiger partial charge in [-0.05, 0) is 41.8 Å². The number of fused-ring (bicyclic) bond motifs is 2. The van der Waals surface area contributed by atoms with Gasteiger partial charge in [-0.1, -0.05) is 12.6 Å². The Bertz CT molecular complexity index is 829. The molecule has 0 atom stereocenters. The van der Waals surface area contributed by atoms with Gasteiger partial charge in [0.05, 0.1) is 5.56 Å². The third kappa shape index (κ3) is 2.24. The molecule has 0 aliphatic carbocycles. The van der Waals surface area contributed by atoms with Crippen LogP contribution in [0.2, 0.25) is 0 Å². The van der Waals surface area contributed by atoms with Crippen molar-refractivity contribution < 1.29 is 5.21 Å². The lowest BCUT2D eigenvalue weighted by Gasteiger charge is -2.35. The van der Waals surface area contributed by atoms with E-state index in [4.69, 9.17) is 5.73 Å². The molecule has 6 nitrogen and oxygen atoms in total. The summed E-state index contributed by atoms with van der Waals surface area (Å²) in [5.41, 5.74) is 10.0. The highest BCUT2D eigenvalue weighted by atomic mass is 16.5. The standard InChI is InChI=1S/C17H17N5O/c1-11-20-17(15-3-2-7-19-16(15)22(11)23)21-8-6-12-4-5-14(18)9-13(12)10-21/h2-5,7,9,23H,1,6,8,10,18H2. The number of nitrogens with two attached hydrogens (primary N) is 1. The summed E-state index contributed by atoms with van der Waals surface area (Å²) in [6.07, 6.45) is 2.57. The van der Waals surface area contributed by atoms with Crippen molar-refractivity contribution in [1.82, 2.24) is 9.88 Å². The second kappa shape index (κ2) is 5.10. The quantitative estimate of drug-likeness (QED) is 0.729. The summed E-state index contributed by atoms with van der Waals surface area (Å²) in [6, 6.07) is 9.80. The van der Waals surface area contributed by atoms with E-state index >= 15 is 0 Å². The normalized spacial score (nSPS) is 16.7. The van der Waals surface area contributed by atoms with Gasteiger partial charge in [-0.3, -0.25) is 5.21 Å². The Morgan fingerprint density at radius 2 is 2.09 bits per heavy atom. The molecule has 2 aliphatic rings. The lowest BCUT2D eigenvalue weighted by molar-refractivity contribution is 0.276. The molecule has 3 heterocycles. The summed E-state index contributed by atoms with van der Waals surface area (Å²) < 4.78 is 0. The van der Waals surface area contributed by atoms with E-state index in [0.717, 1.165) is 41.7 Å². The fraction of sp³-hybridized carbons (Fsp3) is 0.176. The molecule has 23 heavy (non-hydrogen) atoms. The van der Waals surface area contributed by atoms with Crippen LogP contribution in [0.1, 0.15) is 16.7 Å². The third-order valence-corrected chi connectivity index (χ3v) is 4.25. The predicted octanol–water partition coefficient (Wildman–Crippen LogP) is 2.15. The monoisotopic (exact) mass is 307 g/mol.